The number of hydrogen-bond acceptors (Lipinski definition) is 2. The zero-order valence-electron chi connectivity index (χ0n) is 12.1. The van der Waals surface area contributed by atoms with E-state index in [2.05, 4.69) is 13.0 Å². The Kier molecular flexibility index (Phi) is 4.80. The molecule has 0 saturated heterocycles. The van der Waals surface area contributed by atoms with Gasteiger partial charge in [-0.25, -0.2) is 0 Å². The Morgan fingerprint density at radius 3 is 2.55 bits per heavy atom. The number of aromatic hydroxyl groups is 1. The summed E-state index contributed by atoms with van der Waals surface area (Å²) in [6, 6.07) is 13.7. The van der Waals surface area contributed by atoms with Crippen molar-refractivity contribution < 1.29 is 10.2 Å². The average molecular weight is 270 g/mol. The van der Waals surface area contributed by atoms with Gasteiger partial charge in [-0.3, -0.25) is 0 Å². The summed E-state index contributed by atoms with van der Waals surface area (Å²) in [6.07, 6.45) is 2.02. The molecular formula is C18H22O2. The van der Waals surface area contributed by atoms with Gasteiger partial charge in [-0.15, -0.1) is 0 Å². The summed E-state index contributed by atoms with van der Waals surface area (Å²) in [5.41, 5.74) is 4.00. The van der Waals surface area contributed by atoms with Crippen molar-refractivity contribution in [2.24, 2.45) is 0 Å². The van der Waals surface area contributed by atoms with E-state index in [1.54, 1.807) is 6.07 Å². The summed E-state index contributed by atoms with van der Waals surface area (Å²) >= 11 is 0. The van der Waals surface area contributed by atoms with Gasteiger partial charge in [0.15, 0.2) is 0 Å². The lowest BCUT2D eigenvalue weighted by molar-refractivity contribution is 0.164. The predicted molar refractivity (Wildman–Crippen MR) is 82.9 cm³/mol. The fourth-order valence-corrected chi connectivity index (χ4v) is 2.47. The van der Waals surface area contributed by atoms with Crippen LogP contribution in [0.2, 0.25) is 0 Å². The highest BCUT2D eigenvalue weighted by atomic mass is 16.3. The van der Waals surface area contributed by atoms with Crippen LogP contribution in [0.5, 0.6) is 5.75 Å². The quantitative estimate of drug-likeness (QED) is 0.859. The lowest BCUT2D eigenvalue weighted by Gasteiger charge is -2.11. The molecule has 2 aromatic rings. The van der Waals surface area contributed by atoms with E-state index in [0.717, 1.165) is 29.5 Å². The number of phenols is 1. The SMILES string of the molecule is CCCC(O)Cc1ccc(-c2cccc(C)c2)c(O)c1. The van der Waals surface area contributed by atoms with Crippen molar-refractivity contribution >= 4 is 0 Å². The van der Waals surface area contributed by atoms with Crippen molar-refractivity contribution in [3.8, 4) is 16.9 Å². The normalized spacial score (nSPS) is 12.3. The molecule has 2 nitrogen and oxygen atoms in total. The smallest absolute Gasteiger partial charge is 0.123 e. The molecule has 0 aliphatic carbocycles. The fourth-order valence-electron chi connectivity index (χ4n) is 2.47. The molecule has 2 rings (SSSR count). The van der Waals surface area contributed by atoms with E-state index in [-0.39, 0.29) is 11.9 Å². The van der Waals surface area contributed by atoms with Crippen molar-refractivity contribution in [1.29, 1.82) is 0 Å². The molecule has 0 aliphatic heterocycles. The summed E-state index contributed by atoms with van der Waals surface area (Å²) in [4.78, 5) is 0. The topological polar surface area (TPSA) is 40.5 Å². The Morgan fingerprint density at radius 1 is 1.10 bits per heavy atom. The van der Waals surface area contributed by atoms with Gasteiger partial charge in [-0.2, -0.15) is 0 Å². The first-order valence-corrected chi connectivity index (χ1v) is 7.17. The summed E-state index contributed by atoms with van der Waals surface area (Å²) < 4.78 is 0. The maximum atomic E-state index is 10.2. The van der Waals surface area contributed by atoms with Crippen molar-refractivity contribution in [2.45, 2.75) is 39.2 Å². The first kappa shape index (κ1) is 14.6. The van der Waals surface area contributed by atoms with E-state index in [0.29, 0.717) is 6.42 Å². The molecule has 0 fully saturated rings. The van der Waals surface area contributed by atoms with Crippen LogP contribution in [0.1, 0.15) is 30.9 Å². The number of aliphatic hydroxyl groups is 1. The van der Waals surface area contributed by atoms with E-state index in [1.807, 2.05) is 37.3 Å². The largest absolute Gasteiger partial charge is 0.507 e. The second-order valence-electron chi connectivity index (χ2n) is 5.37. The number of aryl methyl sites for hydroxylation is 1. The second kappa shape index (κ2) is 6.58. The van der Waals surface area contributed by atoms with Crippen LogP contribution in [0.25, 0.3) is 11.1 Å². The molecule has 106 valence electrons. The van der Waals surface area contributed by atoms with Gasteiger partial charge in [0.2, 0.25) is 0 Å². The van der Waals surface area contributed by atoms with Crippen LogP contribution in [-0.4, -0.2) is 16.3 Å². The van der Waals surface area contributed by atoms with Crippen LogP contribution in [-0.2, 0) is 6.42 Å². The molecule has 0 aliphatic rings. The molecule has 1 atom stereocenters. The summed E-state index contributed by atoms with van der Waals surface area (Å²) in [6.45, 7) is 4.09. The van der Waals surface area contributed by atoms with E-state index >= 15 is 0 Å². The Balaban J connectivity index is 2.22. The molecule has 0 spiro atoms. The van der Waals surface area contributed by atoms with Crippen LogP contribution in [0.3, 0.4) is 0 Å². The molecule has 0 bridgehead atoms. The predicted octanol–water partition coefficient (Wildman–Crippen LogP) is 4.07. The second-order valence-corrected chi connectivity index (χ2v) is 5.37. The molecular weight excluding hydrogens is 248 g/mol. The molecule has 0 radical (unpaired) electrons. The Labute approximate surface area is 120 Å². The van der Waals surface area contributed by atoms with Gasteiger partial charge >= 0.3 is 0 Å². The van der Waals surface area contributed by atoms with Crippen molar-refractivity contribution in [3.05, 3.63) is 53.6 Å². The van der Waals surface area contributed by atoms with Crippen molar-refractivity contribution in [2.75, 3.05) is 0 Å². The number of rotatable bonds is 5. The third-order valence-electron chi connectivity index (χ3n) is 3.48. The summed E-state index contributed by atoms with van der Waals surface area (Å²) in [7, 11) is 0. The highest BCUT2D eigenvalue weighted by molar-refractivity contribution is 5.71. The van der Waals surface area contributed by atoms with Gasteiger partial charge in [0, 0.05) is 5.56 Å². The lowest BCUT2D eigenvalue weighted by Crippen LogP contribution is -2.09. The molecule has 0 heterocycles. The van der Waals surface area contributed by atoms with Crippen LogP contribution in [0.15, 0.2) is 42.5 Å². The molecule has 0 amide bonds. The van der Waals surface area contributed by atoms with Gasteiger partial charge in [0.25, 0.3) is 0 Å². The lowest BCUT2D eigenvalue weighted by atomic mass is 9.98. The molecule has 2 N–H and O–H groups in total. The maximum absolute atomic E-state index is 10.2. The summed E-state index contributed by atoms with van der Waals surface area (Å²) in [5, 5.41) is 20.0. The number of hydrogen-bond donors (Lipinski definition) is 2. The van der Waals surface area contributed by atoms with Gasteiger partial charge in [0.05, 0.1) is 6.10 Å². The third kappa shape index (κ3) is 3.61. The number of benzene rings is 2. The van der Waals surface area contributed by atoms with Crippen LogP contribution in [0, 0.1) is 6.92 Å². The van der Waals surface area contributed by atoms with Gasteiger partial charge in [-0.05, 0) is 37.0 Å². The van der Waals surface area contributed by atoms with Crippen LogP contribution in [0.4, 0.5) is 0 Å². The first-order valence-electron chi connectivity index (χ1n) is 7.17. The van der Waals surface area contributed by atoms with E-state index in [1.165, 1.54) is 5.56 Å². The van der Waals surface area contributed by atoms with Crippen molar-refractivity contribution in [1.82, 2.24) is 0 Å². The average Bonchev–Trinajstić information content (AvgIpc) is 2.39. The van der Waals surface area contributed by atoms with E-state index in [9.17, 15) is 10.2 Å². The minimum atomic E-state index is -0.329. The minimum absolute atomic E-state index is 0.275. The Hall–Kier alpha value is -1.80. The molecule has 2 aromatic carbocycles. The fraction of sp³-hybridized carbons (Fsp3) is 0.333. The maximum Gasteiger partial charge on any atom is 0.123 e. The highest BCUT2D eigenvalue weighted by Gasteiger charge is 2.09. The highest BCUT2D eigenvalue weighted by Crippen LogP contribution is 2.30. The van der Waals surface area contributed by atoms with E-state index in [4.69, 9.17) is 0 Å². The van der Waals surface area contributed by atoms with Gasteiger partial charge in [-0.1, -0.05) is 55.3 Å². The first-order chi connectivity index (χ1) is 9.60. The zero-order chi connectivity index (χ0) is 14.5. The number of aliphatic hydroxyl groups excluding tert-OH is 1. The van der Waals surface area contributed by atoms with Gasteiger partial charge < -0.3 is 10.2 Å². The van der Waals surface area contributed by atoms with Crippen molar-refractivity contribution in [3.63, 3.8) is 0 Å². The summed E-state index contributed by atoms with van der Waals surface area (Å²) in [5.74, 6) is 0.275. The third-order valence-corrected chi connectivity index (χ3v) is 3.48. The molecule has 0 aromatic heterocycles. The standard InChI is InChI=1S/C18H22O2/c1-3-5-16(19)11-14-8-9-17(18(20)12-14)15-7-4-6-13(2)10-15/h4,6-10,12,16,19-20H,3,5,11H2,1-2H3. The Morgan fingerprint density at radius 2 is 1.90 bits per heavy atom. The number of phenolic OH excluding ortho intramolecular Hbond substituents is 1. The molecule has 0 saturated carbocycles. The zero-order valence-corrected chi connectivity index (χ0v) is 12.1. The molecule has 2 heteroatoms. The van der Waals surface area contributed by atoms with E-state index < -0.39 is 0 Å². The van der Waals surface area contributed by atoms with Gasteiger partial charge in [0.1, 0.15) is 5.75 Å². The monoisotopic (exact) mass is 270 g/mol. The minimum Gasteiger partial charge on any atom is -0.507 e. The van der Waals surface area contributed by atoms with Crippen LogP contribution < -0.4 is 0 Å². The van der Waals surface area contributed by atoms with Crippen LogP contribution >= 0.6 is 0 Å². The molecule has 1 unspecified atom stereocenters. The molecule has 20 heavy (non-hydrogen) atoms. The Bertz CT molecular complexity index is 575.